The summed E-state index contributed by atoms with van der Waals surface area (Å²) in [4.78, 5) is 34.7. The van der Waals surface area contributed by atoms with Gasteiger partial charge in [0.05, 0.1) is 22.2 Å². The van der Waals surface area contributed by atoms with E-state index >= 15 is 0 Å². The molecule has 0 spiro atoms. The molecule has 2 aromatic carbocycles. The SMILES string of the molecule is NC(=O)NCCCOc1ccc(C[C@H](NC(=O)c2c(Cl)cccc2Cl)C(=O)O)cc1. The van der Waals surface area contributed by atoms with Crippen LogP contribution in [0.1, 0.15) is 22.3 Å². The zero-order valence-corrected chi connectivity index (χ0v) is 17.4. The van der Waals surface area contributed by atoms with Gasteiger partial charge in [-0.1, -0.05) is 41.4 Å². The molecule has 0 fully saturated rings. The van der Waals surface area contributed by atoms with Crippen molar-refractivity contribution in [3.8, 4) is 5.75 Å². The Hall–Kier alpha value is -2.97. The van der Waals surface area contributed by atoms with Crippen molar-refractivity contribution in [1.82, 2.24) is 10.6 Å². The first-order chi connectivity index (χ1) is 14.3. The fraction of sp³-hybridized carbons (Fsp3) is 0.250. The predicted octanol–water partition coefficient (Wildman–Crippen LogP) is 2.86. The molecule has 1 atom stereocenters. The lowest BCUT2D eigenvalue weighted by Crippen LogP contribution is -2.42. The quantitative estimate of drug-likeness (QED) is 0.410. The number of halogens is 2. The number of nitrogens with one attached hydrogen (secondary N) is 2. The van der Waals surface area contributed by atoms with Crippen molar-refractivity contribution in [2.24, 2.45) is 5.73 Å². The molecule has 0 saturated carbocycles. The van der Waals surface area contributed by atoms with Crippen molar-refractivity contribution in [2.45, 2.75) is 18.9 Å². The Morgan fingerprint density at radius 2 is 1.70 bits per heavy atom. The number of aliphatic carboxylic acids is 1. The van der Waals surface area contributed by atoms with Gasteiger partial charge in [0.1, 0.15) is 11.8 Å². The highest BCUT2D eigenvalue weighted by molar-refractivity contribution is 6.39. The number of urea groups is 1. The van der Waals surface area contributed by atoms with Crippen LogP contribution in [-0.2, 0) is 11.2 Å². The molecule has 5 N–H and O–H groups in total. The van der Waals surface area contributed by atoms with Gasteiger partial charge in [-0.05, 0) is 36.2 Å². The zero-order chi connectivity index (χ0) is 22.1. The van der Waals surface area contributed by atoms with Gasteiger partial charge < -0.3 is 26.2 Å². The largest absolute Gasteiger partial charge is 0.494 e. The summed E-state index contributed by atoms with van der Waals surface area (Å²) in [5.74, 6) is -1.26. The summed E-state index contributed by atoms with van der Waals surface area (Å²) >= 11 is 12.0. The molecule has 2 rings (SSSR count). The molecule has 8 nitrogen and oxygen atoms in total. The normalized spacial score (nSPS) is 11.4. The van der Waals surface area contributed by atoms with Crippen molar-refractivity contribution in [3.63, 3.8) is 0 Å². The van der Waals surface area contributed by atoms with Gasteiger partial charge in [-0.15, -0.1) is 0 Å². The van der Waals surface area contributed by atoms with Crippen molar-refractivity contribution in [2.75, 3.05) is 13.2 Å². The highest BCUT2D eigenvalue weighted by Crippen LogP contribution is 2.24. The highest BCUT2D eigenvalue weighted by Gasteiger charge is 2.23. The standard InChI is InChI=1S/C20H21Cl2N3O5/c21-14-3-1-4-15(22)17(14)18(26)25-16(19(27)28)11-12-5-7-13(8-6-12)30-10-2-9-24-20(23)29/h1,3-8,16H,2,9-11H2,(H,25,26)(H,27,28)(H3,23,24,29)/t16-/m0/s1. The number of amides is 3. The second-order valence-electron chi connectivity index (χ2n) is 6.30. The predicted molar refractivity (Wildman–Crippen MR) is 113 cm³/mol. The molecule has 0 aromatic heterocycles. The summed E-state index contributed by atoms with van der Waals surface area (Å²) < 4.78 is 5.54. The number of primary amides is 1. The van der Waals surface area contributed by atoms with E-state index in [-0.39, 0.29) is 22.0 Å². The van der Waals surface area contributed by atoms with E-state index in [2.05, 4.69) is 10.6 Å². The number of carbonyl (C=O) groups is 3. The third-order valence-corrected chi connectivity index (χ3v) is 4.68. The van der Waals surface area contributed by atoms with Crippen LogP contribution in [0, 0.1) is 0 Å². The van der Waals surface area contributed by atoms with Crippen LogP contribution < -0.4 is 21.1 Å². The summed E-state index contributed by atoms with van der Waals surface area (Å²) in [6, 6.07) is 9.65. The molecule has 0 heterocycles. The molecule has 2 aromatic rings. The van der Waals surface area contributed by atoms with E-state index in [1.54, 1.807) is 30.3 Å². The van der Waals surface area contributed by atoms with E-state index in [1.807, 2.05) is 0 Å². The first-order valence-electron chi connectivity index (χ1n) is 9.00. The minimum absolute atomic E-state index is 0.0293. The topological polar surface area (TPSA) is 131 Å². The number of carboxylic acid groups (broad SMARTS) is 1. The number of ether oxygens (including phenoxy) is 1. The summed E-state index contributed by atoms with van der Waals surface area (Å²) in [5, 5.41) is 14.7. The van der Waals surface area contributed by atoms with Crippen LogP contribution in [-0.4, -0.2) is 42.2 Å². The number of hydrogen-bond acceptors (Lipinski definition) is 4. The van der Waals surface area contributed by atoms with Gasteiger partial charge in [-0.3, -0.25) is 4.79 Å². The summed E-state index contributed by atoms with van der Waals surface area (Å²) in [6.45, 7) is 0.787. The summed E-state index contributed by atoms with van der Waals surface area (Å²) in [7, 11) is 0. The van der Waals surface area contributed by atoms with Crippen molar-refractivity contribution >= 4 is 41.1 Å². The maximum Gasteiger partial charge on any atom is 0.326 e. The smallest absolute Gasteiger partial charge is 0.326 e. The Labute approximate surface area is 183 Å². The number of carbonyl (C=O) groups excluding carboxylic acids is 2. The Morgan fingerprint density at radius 3 is 2.27 bits per heavy atom. The maximum absolute atomic E-state index is 12.5. The van der Waals surface area contributed by atoms with Gasteiger partial charge in [0.25, 0.3) is 5.91 Å². The Morgan fingerprint density at radius 1 is 1.07 bits per heavy atom. The van der Waals surface area contributed by atoms with E-state index < -0.39 is 23.9 Å². The van der Waals surface area contributed by atoms with Crippen LogP contribution in [0.15, 0.2) is 42.5 Å². The number of hydrogen-bond donors (Lipinski definition) is 4. The number of nitrogens with two attached hydrogens (primary N) is 1. The lowest BCUT2D eigenvalue weighted by molar-refractivity contribution is -0.139. The van der Waals surface area contributed by atoms with E-state index in [0.29, 0.717) is 30.9 Å². The lowest BCUT2D eigenvalue weighted by atomic mass is 10.1. The van der Waals surface area contributed by atoms with Crippen molar-refractivity contribution in [3.05, 3.63) is 63.6 Å². The molecule has 0 saturated heterocycles. The Bertz CT molecular complexity index is 886. The zero-order valence-electron chi connectivity index (χ0n) is 15.9. The van der Waals surface area contributed by atoms with Crippen molar-refractivity contribution in [1.29, 1.82) is 0 Å². The highest BCUT2D eigenvalue weighted by atomic mass is 35.5. The van der Waals surface area contributed by atoms with Gasteiger partial charge in [-0.25, -0.2) is 9.59 Å². The minimum Gasteiger partial charge on any atom is -0.494 e. The maximum atomic E-state index is 12.5. The molecular weight excluding hydrogens is 433 g/mol. The van der Waals surface area contributed by atoms with Gasteiger partial charge in [0.15, 0.2) is 0 Å². The van der Waals surface area contributed by atoms with Crippen LogP contribution in [0.4, 0.5) is 4.79 Å². The minimum atomic E-state index is -1.19. The average Bonchev–Trinajstić information content (AvgIpc) is 2.68. The second kappa shape index (κ2) is 11.3. The van der Waals surface area contributed by atoms with E-state index in [4.69, 9.17) is 33.7 Å². The van der Waals surface area contributed by atoms with Crippen LogP contribution in [0.5, 0.6) is 5.75 Å². The number of carboxylic acids is 1. The molecule has 160 valence electrons. The Kier molecular flexibility index (Phi) is 8.76. The van der Waals surface area contributed by atoms with Crippen LogP contribution >= 0.6 is 23.2 Å². The first kappa shape index (κ1) is 23.3. The second-order valence-corrected chi connectivity index (χ2v) is 7.12. The molecule has 10 heteroatoms. The molecular formula is C20H21Cl2N3O5. The number of benzene rings is 2. The van der Waals surface area contributed by atoms with Gasteiger partial charge in [0.2, 0.25) is 0 Å². The van der Waals surface area contributed by atoms with E-state index in [0.717, 1.165) is 0 Å². The van der Waals surface area contributed by atoms with E-state index in [1.165, 1.54) is 12.1 Å². The molecule has 0 unspecified atom stereocenters. The average molecular weight is 454 g/mol. The van der Waals surface area contributed by atoms with Gasteiger partial charge in [-0.2, -0.15) is 0 Å². The van der Waals surface area contributed by atoms with Crippen molar-refractivity contribution < 1.29 is 24.2 Å². The molecule has 30 heavy (non-hydrogen) atoms. The van der Waals surface area contributed by atoms with Crippen LogP contribution in [0.25, 0.3) is 0 Å². The molecule has 0 aliphatic rings. The summed E-state index contributed by atoms with van der Waals surface area (Å²) in [5.41, 5.74) is 5.69. The lowest BCUT2D eigenvalue weighted by Gasteiger charge is -2.16. The first-order valence-corrected chi connectivity index (χ1v) is 9.76. The Balaban J connectivity index is 1.94. The molecule has 0 radical (unpaired) electrons. The number of rotatable bonds is 10. The van der Waals surface area contributed by atoms with Gasteiger partial charge in [0, 0.05) is 13.0 Å². The van der Waals surface area contributed by atoms with E-state index in [9.17, 15) is 19.5 Å². The fourth-order valence-electron chi connectivity index (χ4n) is 2.58. The van der Waals surface area contributed by atoms with Gasteiger partial charge >= 0.3 is 12.0 Å². The molecule has 0 aliphatic carbocycles. The molecule has 0 aliphatic heterocycles. The summed E-state index contributed by atoms with van der Waals surface area (Å²) in [6.07, 6.45) is 0.647. The third-order valence-electron chi connectivity index (χ3n) is 4.05. The fourth-order valence-corrected chi connectivity index (χ4v) is 3.15. The van der Waals surface area contributed by atoms with Crippen LogP contribution in [0.2, 0.25) is 10.0 Å². The third kappa shape index (κ3) is 7.13. The molecule has 3 amide bonds. The van der Waals surface area contributed by atoms with Crippen LogP contribution in [0.3, 0.4) is 0 Å². The monoisotopic (exact) mass is 453 g/mol. The molecule has 0 bridgehead atoms.